The zero-order valence-corrected chi connectivity index (χ0v) is 14.3. The highest BCUT2D eigenvalue weighted by molar-refractivity contribution is 7.89. The molecule has 1 fully saturated rings. The van der Waals surface area contributed by atoms with Crippen molar-refractivity contribution in [2.45, 2.75) is 43.2 Å². The predicted octanol–water partition coefficient (Wildman–Crippen LogP) is 1.68. The quantitative estimate of drug-likeness (QED) is 0.839. The molecule has 21 heavy (non-hydrogen) atoms. The van der Waals surface area contributed by atoms with E-state index in [-0.39, 0.29) is 28.5 Å². The second-order valence-electron chi connectivity index (χ2n) is 5.28. The fraction of sp³-hybridized carbons (Fsp3) is 0.750. The van der Waals surface area contributed by atoms with Crippen molar-refractivity contribution in [2.75, 3.05) is 6.54 Å². The predicted molar refractivity (Wildman–Crippen MR) is 85.2 cm³/mol. The molecular formula is C12H22Cl2N4O2S. The summed E-state index contributed by atoms with van der Waals surface area (Å²) in [6, 6.07) is -0.244. The lowest BCUT2D eigenvalue weighted by atomic mass is 9.84. The van der Waals surface area contributed by atoms with Crippen molar-refractivity contribution in [3.63, 3.8) is 0 Å². The number of nitrogens with two attached hydrogens (primary N) is 1. The molecule has 0 aromatic carbocycles. The third-order valence-corrected chi connectivity index (χ3v) is 5.87. The Kier molecular flexibility index (Phi) is 6.93. The number of nitrogens with one attached hydrogen (secondary N) is 1. The summed E-state index contributed by atoms with van der Waals surface area (Å²) in [5.41, 5.74) is 5.76. The highest BCUT2D eigenvalue weighted by Gasteiger charge is 2.30. The first-order valence-electron chi connectivity index (χ1n) is 6.85. The molecule has 122 valence electrons. The topological polar surface area (TPSA) is 90.0 Å². The maximum absolute atomic E-state index is 12.4. The molecule has 0 amide bonds. The van der Waals surface area contributed by atoms with Crippen LogP contribution >= 0.6 is 24.0 Å². The van der Waals surface area contributed by atoms with Crippen molar-refractivity contribution in [1.29, 1.82) is 0 Å². The second kappa shape index (κ2) is 7.78. The minimum Gasteiger partial charge on any atom is -0.329 e. The van der Waals surface area contributed by atoms with E-state index in [0.717, 1.165) is 25.7 Å². The van der Waals surface area contributed by atoms with Crippen LogP contribution in [0, 0.1) is 5.92 Å². The van der Waals surface area contributed by atoms with Gasteiger partial charge in [0.2, 0.25) is 0 Å². The van der Waals surface area contributed by atoms with Crippen LogP contribution in [0.3, 0.4) is 0 Å². The Morgan fingerprint density at radius 3 is 2.57 bits per heavy atom. The molecule has 3 N–H and O–H groups in total. The first-order chi connectivity index (χ1) is 9.45. The molecule has 0 spiro atoms. The monoisotopic (exact) mass is 356 g/mol. The van der Waals surface area contributed by atoms with E-state index in [4.69, 9.17) is 17.3 Å². The van der Waals surface area contributed by atoms with Gasteiger partial charge in [-0.2, -0.15) is 5.10 Å². The van der Waals surface area contributed by atoms with Gasteiger partial charge in [0.1, 0.15) is 0 Å². The summed E-state index contributed by atoms with van der Waals surface area (Å²) < 4.78 is 28.8. The van der Waals surface area contributed by atoms with E-state index in [9.17, 15) is 8.42 Å². The molecule has 1 unspecified atom stereocenters. The minimum atomic E-state index is -3.70. The van der Waals surface area contributed by atoms with Gasteiger partial charge in [0.25, 0.3) is 10.0 Å². The molecule has 1 heterocycles. The summed E-state index contributed by atoms with van der Waals surface area (Å²) in [6.07, 6.45) is 6.85. The lowest BCUT2D eigenvalue weighted by molar-refractivity contribution is 0.293. The van der Waals surface area contributed by atoms with Crippen molar-refractivity contribution in [3.05, 3.63) is 11.2 Å². The molecule has 1 aliphatic carbocycles. The highest BCUT2D eigenvalue weighted by atomic mass is 35.5. The third kappa shape index (κ3) is 4.32. The molecule has 2 rings (SSSR count). The van der Waals surface area contributed by atoms with Crippen LogP contribution in [0.2, 0.25) is 5.02 Å². The van der Waals surface area contributed by atoms with Crippen LogP contribution in [0.5, 0.6) is 0 Å². The summed E-state index contributed by atoms with van der Waals surface area (Å²) in [5.74, 6) is 0.301. The van der Waals surface area contributed by atoms with Gasteiger partial charge in [-0.05, 0) is 18.8 Å². The number of nitrogens with zero attached hydrogens (tertiary/aromatic N) is 2. The van der Waals surface area contributed by atoms with Crippen LogP contribution in [0.4, 0.5) is 0 Å². The molecule has 0 bridgehead atoms. The number of aryl methyl sites for hydroxylation is 1. The average Bonchev–Trinajstić information content (AvgIpc) is 2.77. The van der Waals surface area contributed by atoms with Crippen LogP contribution in [0.1, 0.15) is 32.1 Å². The zero-order chi connectivity index (χ0) is 14.8. The largest absolute Gasteiger partial charge is 0.329 e. The van der Waals surface area contributed by atoms with Crippen molar-refractivity contribution in [1.82, 2.24) is 14.5 Å². The van der Waals surface area contributed by atoms with Gasteiger partial charge in [-0.3, -0.25) is 4.68 Å². The Bertz CT molecular complexity index is 536. The Balaban J connectivity index is 0.00000220. The molecule has 0 saturated heterocycles. The molecular weight excluding hydrogens is 335 g/mol. The maximum Gasteiger partial charge on any atom is 0.259 e. The number of halogens is 2. The van der Waals surface area contributed by atoms with Crippen LogP contribution in [0.25, 0.3) is 0 Å². The molecule has 0 aliphatic heterocycles. The molecule has 6 nitrogen and oxygen atoms in total. The van der Waals surface area contributed by atoms with Gasteiger partial charge in [-0.25, -0.2) is 13.1 Å². The lowest BCUT2D eigenvalue weighted by Gasteiger charge is -2.29. The summed E-state index contributed by atoms with van der Waals surface area (Å²) >= 11 is 5.91. The van der Waals surface area contributed by atoms with Gasteiger partial charge >= 0.3 is 0 Å². The summed E-state index contributed by atoms with van der Waals surface area (Å²) in [4.78, 5) is 0. The number of hydrogen-bond acceptors (Lipinski definition) is 4. The molecule has 9 heteroatoms. The van der Waals surface area contributed by atoms with Crippen molar-refractivity contribution >= 4 is 34.0 Å². The highest BCUT2D eigenvalue weighted by Crippen LogP contribution is 2.27. The van der Waals surface area contributed by atoms with Gasteiger partial charge in [-0.15, -0.1) is 12.4 Å². The standard InChI is InChI=1S/C12H21ClN4O2S.ClH/c1-17-12(10(13)8-15-17)20(18,19)16-11(7-14)9-5-3-2-4-6-9;/h8-9,11,16H,2-7,14H2,1H3;1H. The Morgan fingerprint density at radius 1 is 1.48 bits per heavy atom. The Labute approximate surface area is 136 Å². The van der Waals surface area contributed by atoms with Gasteiger partial charge in [-0.1, -0.05) is 30.9 Å². The molecule has 1 aromatic heterocycles. The summed E-state index contributed by atoms with van der Waals surface area (Å²) in [6.45, 7) is 0.291. The fourth-order valence-electron chi connectivity index (χ4n) is 2.83. The number of aromatic nitrogens is 2. The Hall–Kier alpha value is -0.340. The van der Waals surface area contributed by atoms with E-state index in [0.29, 0.717) is 12.5 Å². The molecule has 1 saturated carbocycles. The van der Waals surface area contributed by atoms with Gasteiger partial charge in [0.05, 0.1) is 11.2 Å². The van der Waals surface area contributed by atoms with Crippen molar-refractivity contribution < 1.29 is 8.42 Å². The maximum atomic E-state index is 12.4. The molecule has 0 radical (unpaired) electrons. The normalized spacial score (nSPS) is 18.2. The van der Waals surface area contributed by atoms with Gasteiger partial charge < -0.3 is 5.73 Å². The first-order valence-corrected chi connectivity index (χ1v) is 8.71. The summed E-state index contributed by atoms with van der Waals surface area (Å²) in [5, 5.41) is 3.98. The fourth-order valence-corrected chi connectivity index (χ4v) is 4.80. The summed E-state index contributed by atoms with van der Waals surface area (Å²) in [7, 11) is -2.15. The van der Waals surface area contributed by atoms with Crippen molar-refractivity contribution in [3.8, 4) is 0 Å². The van der Waals surface area contributed by atoms with Crippen LogP contribution in [-0.2, 0) is 17.1 Å². The van der Waals surface area contributed by atoms with E-state index in [1.807, 2.05) is 0 Å². The SMILES string of the molecule is Cl.Cn1ncc(Cl)c1S(=O)(=O)NC(CN)C1CCCCC1. The van der Waals surface area contributed by atoms with E-state index in [1.165, 1.54) is 17.3 Å². The van der Waals surface area contributed by atoms with Crippen LogP contribution in [0.15, 0.2) is 11.2 Å². The van der Waals surface area contributed by atoms with E-state index < -0.39 is 10.0 Å². The molecule has 1 aliphatic rings. The van der Waals surface area contributed by atoms with Gasteiger partial charge in [0.15, 0.2) is 5.03 Å². The number of sulfonamides is 1. The zero-order valence-electron chi connectivity index (χ0n) is 12.0. The second-order valence-corrected chi connectivity index (χ2v) is 7.32. The molecule has 1 atom stereocenters. The van der Waals surface area contributed by atoms with Crippen LogP contribution < -0.4 is 10.5 Å². The van der Waals surface area contributed by atoms with E-state index >= 15 is 0 Å². The average molecular weight is 357 g/mol. The van der Waals surface area contributed by atoms with Gasteiger partial charge in [0, 0.05) is 19.6 Å². The number of rotatable bonds is 5. The molecule has 1 aromatic rings. The van der Waals surface area contributed by atoms with E-state index in [2.05, 4.69) is 9.82 Å². The van der Waals surface area contributed by atoms with E-state index in [1.54, 1.807) is 7.05 Å². The van der Waals surface area contributed by atoms with Crippen molar-refractivity contribution in [2.24, 2.45) is 18.7 Å². The lowest BCUT2D eigenvalue weighted by Crippen LogP contribution is -2.46. The third-order valence-electron chi connectivity index (χ3n) is 3.88. The minimum absolute atomic E-state index is 0. The Morgan fingerprint density at radius 2 is 2.10 bits per heavy atom. The van der Waals surface area contributed by atoms with Crippen LogP contribution in [-0.4, -0.2) is 30.8 Å². The first kappa shape index (κ1) is 18.7. The number of hydrogen-bond donors (Lipinski definition) is 2. The smallest absolute Gasteiger partial charge is 0.259 e.